The lowest BCUT2D eigenvalue weighted by Crippen LogP contribution is -2.45. The Morgan fingerprint density at radius 1 is 1.12 bits per heavy atom. The second-order valence-electron chi connectivity index (χ2n) is 6.84. The molecule has 1 aromatic rings. The van der Waals surface area contributed by atoms with Crippen LogP contribution in [0.3, 0.4) is 0 Å². The number of benzene rings is 1. The summed E-state index contributed by atoms with van der Waals surface area (Å²) in [5.41, 5.74) is 1.20. The average molecular weight is 366 g/mol. The first kappa shape index (κ1) is 19.7. The third kappa shape index (κ3) is 5.72. The molecule has 1 unspecified atom stereocenters. The number of halogens is 1. The molecular weight excluding hydrogens is 338 g/mol. The predicted octanol–water partition coefficient (Wildman–Crippen LogP) is 1.76. The first-order valence-corrected chi connectivity index (χ1v) is 9.05. The van der Waals surface area contributed by atoms with Gasteiger partial charge >= 0.3 is 0 Å². The molecule has 0 saturated carbocycles. The molecular formula is C19H28ClN3O2. The summed E-state index contributed by atoms with van der Waals surface area (Å²) in [5.74, 6) is 0.432. The first-order chi connectivity index (χ1) is 11.7. The van der Waals surface area contributed by atoms with Crippen molar-refractivity contribution in [2.24, 2.45) is 5.92 Å². The topological polar surface area (TPSA) is 61.4 Å². The summed E-state index contributed by atoms with van der Waals surface area (Å²) in [5, 5.41) is 6.40. The summed E-state index contributed by atoms with van der Waals surface area (Å²) in [6.07, 6.45) is 3.91. The van der Waals surface area contributed by atoms with E-state index in [4.69, 9.17) is 0 Å². The molecule has 2 heterocycles. The standard InChI is InChI=1S/C19H27N3O2.ClH/c23-18(7-6-15-4-2-1-3-5-15)22-12-9-16(10-13-22)19(24)21-17-8-11-20-14-17;/h1-5,16-17,20H,6-14H2,(H,21,24);1H. The lowest BCUT2D eigenvalue weighted by molar-refractivity contribution is -0.135. The molecule has 0 spiro atoms. The van der Waals surface area contributed by atoms with E-state index < -0.39 is 0 Å². The molecule has 3 rings (SSSR count). The summed E-state index contributed by atoms with van der Waals surface area (Å²) < 4.78 is 0. The number of likely N-dealkylation sites (tertiary alicyclic amines) is 1. The number of carbonyl (C=O) groups excluding carboxylic acids is 2. The maximum atomic E-state index is 12.3. The third-order valence-electron chi connectivity index (χ3n) is 5.10. The maximum Gasteiger partial charge on any atom is 0.223 e. The highest BCUT2D eigenvalue weighted by molar-refractivity contribution is 5.85. The van der Waals surface area contributed by atoms with E-state index in [9.17, 15) is 9.59 Å². The Kier molecular flexibility index (Phi) is 7.72. The summed E-state index contributed by atoms with van der Waals surface area (Å²) in [6, 6.07) is 10.4. The first-order valence-electron chi connectivity index (χ1n) is 9.05. The van der Waals surface area contributed by atoms with Crippen LogP contribution in [0.4, 0.5) is 0 Å². The molecule has 1 aromatic carbocycles. The average Bonchev–Trinajstić information content (AvgIpc) is 3.13. The van der Waals surface area contributed by atoms with Crippen LogP contribution in [-0.2, 0) is 16.0 Å². The van der Waals surface area contributed by atoms with Gasteiger partial charge in [-0.1, -0.05) is 30.3 Å². The van der Waals surface area contributed by atoms with E-state index in [0.29, 0.717) is 19.5 Å². The van der Waals surface area contributed by atoms with E-state index >= 15 is 0 Å². The molecule has 6 heteroatoms. The minimum absolute atomic E-state index is 0. The molecule has 0 radical (unpaired) electrons. The fourth-order valence-corrected chi connectivity index (χ4v) is 3.54. The zero-order chi connectivity index (χ0) is 16.8. The van der Waals surface area contributed by atoms with Crippen molar-refractivity contribution in [1.82, 2.24) is 15.5 Å². The number of nitrogens with zero attached hydrogens (tertiary/aromatic N) is 1. The van der Waals surface area contributed by atoms with E-state index in [0.717, 1.165) is 38.8 Å². The van der Waals surface area contributed by atoms with Crippen molar-refractivity contribution in [2.45, 2.75) is 38.1 Å². The predicted molar refractivity (Wildman–Crippen MR) is 101 cm³/mol. The molecule has 2 aliphatic heterocycles. The number of amides is 2. The Balaban J connectivity index is 0.00000225. The molecule has 0 aliphatic carbocycles. The lowest BCUT2D eigenvalue weighted by atomic mass is 9.95. The van der Waals surface area contributed by atoms with E-state index in [-0.39, 0.29) is 36.2 Å². The molecule has 5 nitrogen and oxygen atoms in total. The fraction of sp³-hybridized carbons (Fsp3) is 0.579. The minimum atomic E-state index is 0. The van der Waals surface area contributed by atoms with Crippen molar-refractivity contribution in [3.63, 3.8) is 0 Å². The molecule has 2 saturated heterocycles. The number of aryl methyl sites for hydroxylation is 1. The minimum Gasteiger partial charge on any atom is -0.352 e. The summed E-state index contributed by atoms with van der Waals surface area (Å²) >= 11 is 0. The number of hydrogen-bond acceptors (Lipinski definition) is 3. The van der Waals surface area contributed by atoms with E-state index in [1.807, 2.05) is 23.1 Å². The van der Waals surface area contributed by atoms with Gasteiger partial charge in [0.05, 0.1) is 0 Å². The Bertz CT molecular complexity index is 553. The van der Waals surface area contributed by atoms with Gasteiger partial charge in [0, 0.05) is 38.0 Å². The van der Waals surface area contributed by atoms with Gasteiger partial charge in [-0.25, -0.2) is 0 Å². The quantitative estimate of drug-likeness (QED) is 0.835. The maximum absolute atomic E-state index is 12.3. The van der Waals surface area contributed by atoms with Gasteiger partial charge in [-0.2, -0.15) is 0 Å². The summed E-state index contributed by atoms with van der Waals surface area (Å²) in [6.45, 7) is 3.27. The Morgan fingerprint density at radius 3 is 2.48 bits per heavy atom. The van der Waals surface area contributed by atoms with Crippen molar-refractivity contribution >= 4 is 24.2 Å². The van der Waals surface area contributed by atoms with Crippen molar-refractivity contribution in [3.05, 3.63) is 35.9 Å². The van der Waals surface area contributed by atoms with Crippen LogP contribution >= 0.6 is 12.4 Å². The van der Waals surface area contributed by atoms with Crippen LogP contribution in [0.2, 0.25) is 0 Å². The normalized spacial score (nSPS) is 20.8. The fourth-order valence-electron chi connectivity index (χ4n) is 3.54. The van der Waals surface area contributed by atoms with Gasteiger partial charge < -0.3 is 15.5 Å². The van der Waals surface area contributed by atoms with Gasteiger partial charge in [-0.15, -0.1) is 12.4 Å². The van der Waals surface area contributed by atoms with Crippen molar-refractivity contribution in [1.29, 1.82) is 0 Å². The lowest BCUT2D eigenvalue weighted by Gasteiger charge is -2.32. The molecule has 2 fully saturated rings. The van der Waals surface area contributed by atoms with E-state index in [1.54, 1.807) is 0 Å². The van der Waals surface area contributed by atoms with Gasteiger partial charge in [0.1, 0.15) is 0 Å². The number of rotatable bonds is 5. The third-order valence-corrected chi connectivity index (χ3v) is 5.10. The smallest absolute Gasteiger partial charge is 0.223 e. The van der Waals surface area contributed by atoms with Gasteiger partial charge in [0.15, 0.2) is 0 Å². The number of nitrogens with one attached hydrogen (secondary N) is 2. The molecule has 0 aromatic heterocycles. The molecule has 138 valence electrons. The second kappa shape index (κ2) is 9.78. The van der Waals surface area contributed by atoms with Crippen LogP contribution < -0.4 is 10.6 Å². The second-order valence-corrected chi connectivity index (χ2v) is 6.84. The van der Waals surface area contributed by atoms with E-state index in [2.05, 4.69) is 22.8 Å². The number of piperidine rings is 1. The molecule has 2 aliphatic rings. The highest BCUT2D eigenvalue weighted by Gasteiger charge is 2.28. The zero-order valence-corrected chi connectivity index (χ0v) is 15.4. The molecule has 0 bridgehead atoms. The SMILES string of the molecule is Cl.O=C(NC1CCNC1)C1CCN(C(=O)CCc2ccccc2)CC1. The summed E-state index contributed by atoms with van der Waals surface area (Å²) in [4.78, 5) is 26.6. The van der Waals surface area contributed by atoms with Gasteiger partial charge in [0.25, 0.3) is 0 Å². The summed E-state index contributed by atoms with van der Waals surface area (Å²) in [7, 11) is 0. The van der Waals surface area contributed by atoms with Gasteiger partial charge in [-0.05, 0) is 37.8 Å². The largest absolute Gasteiger partial charge is 0.352 e. The van der Waals surface area contributed by atoms with Crippen LogP contribution in [-0.4, -0.2) is 48.9 Å². The van der Waals surface area contributed by atoms with Crippen LogP contribution in [0, 0.1) is 5.92 Å². The van der Waals surface area contributed by atoms with Crippen LogP contribution in [0.25, 0.3) is 0 Å². The van der Waals surface area contributed by atoms with Crippen molar-refractivity contribution in [2.75, 3.05) is 26.2 Å². The molecule has 1 atom stereocenters. The highest BCUT2D eigenvalue weighted by atomic mass is 35.5. The van der Waals surface area contributed by atoms with Crippen LogP contribution in [0.1, 0.15) is 31.2 Å². The number of carbonyl (C=O) groups is 2. The Hall–Kier alpha value is -1.59. The van der Waals surface area contributed by atoms with Crippen LogP contribution in [0.15, 0.2) is 30.3 Å². The monoisotopic (exact) mass is 365 g/mol. The molecule has 2 amide bonds. The van der Waals surface area contributed by atoms with Gasteiger partial charge in [-0.3, -0.25) is 9.59 Å². The Labute approximate surface area is 155 Å². The van der Waals surface area contributed by atoms with Gasteiger partial charge in [0.2, 0.25) is 11.8 Å². The van der Waals surface area contributed by atoms with E-state index in [1.165, 1.54) is 5.56 Å². The van der Waals surface area contributed by atoms with Crippen molar-refractivity contribution in [3.8, 4) is 0 Å². The zero-order valence-electron chi connectivity index (χ0n) is 14.6. The number of hydrogen-bond donors (Lipinski definition) is 2. The molecule has 25 heavy (non-hydrogen) atoms. The Morgan fingerprint density at radius 2 is 1.84 bits per heavy atom. The highest BCUT2D eigenvalue weighted by Crippen LogP contribution is 2.19. The van der Waals surface area contributed by atoms with Crippen LogP contribution in [0.5, 0.6) is 0 Å². The van der Waals surface area contributed by atoms with Crippen molar-refractivity contribution < 1.29 is 9.59 Å². The molecule has 2 N–H and O–H groups in total.